The third kappa shape index (κ3) is 5.05. The molecule has 0 fully saturated rings. The molecule has 1 N–H and O–H groups in total. The number of nitrogens with one attached hydrogen (secondary N) is 1. The van der Waals surface area contributed by atoms with Gasteiger partial charge in [-0.05, 0) is 97.5 Å². The highest BCUT2D eigenvalue weighted by Crippen LogP contribution is 2.59. The summed E-state index contributed by atoms with van der Waals surface area (Å²) in [4.78, 5) is 2.65. The van der Waals surface area contributed by atoms with E-state index >= 15 is 0 Å². The Labute approximate surface area is 336 Å². The van der Waals surface area contributed by atoms with Crippen molar-refractivity contribution in [2.45, 2.75) is 38.5 Å². The van der Waals surface area contributed by atoms with E-state index in [0.717, 1.165) is 18.7 Å². The molecule has 57 heavy (non-hydrogen) atoms. The summed E-state index contributed by atoms with van der Waals surface area (Å²) in [6.45, 7) is 9.62. The number of hydrogen-bond acceptors (Lipinski definition) is 2. The number of hydrogen-bond donors (Lipinski definition) is 1. The number of nitrogens with zero attached hydrogens (tertiary/aromatic N) is 1. The van der Waals surface area contributed by atoms with Gasteiger partial charge in [0.25, 0.3) is 0 Å². The van der Waals surface area contributed by atoms with Crippen LogP contribution < -0.4 is 21.1 Å². The summed E-state index contributed by atoms with van der Waals surface area (Å²) in [6, 6.07) is 65.1. The molecule has 0 bridgehead atoms. The molecule has 2 heterocycles. The Morgan fingerprint density at radius 1 is 0.439 bits per heavy atom. The van der Waals surface area contributed by atoms with Crippen molar-refractivity contribution >= 4 is 46.6 Å². The van der Waals surface area contributed by atoms with Crippen molar-refractivity contribution in [1.29, 1.82) is 0 Å². The first-order valence-electron chi connectivity index (χ1n) is 20.2. The zero-order valence-electron chi connectivity index (χ0n) is 32.9. The van der Waals surface area contributed by atoms with E-state index < -0.39 is 0 Å². The molecule has 0 radical (unpaired) electrons. The number of rotatable bonds is 5. The Hall–Kier alpha value is -6.58. The van der Waals surface area contributed by atoms with Gasteiger partial charge in [-0.3, -0.25) is 0 Å². The molecule has 3 aliphatic rings. The lowest BCUT2D eigenvalue weighted by molar-refractivity contribution is 0.632. The van der Waals surface area contributed by atoms with Crippen molar-refractivity contribution in [3.63, 3.8) is 0 Å². The second-order valence-corrected chi connectivity index (χ2v) is 17.0. The van der Waals surface area contributed by atoms with Gasteiger partial charge in [0.2, 0.25) is 0 Å². The smallest absolute Gasteiger partial charge is 0.198 e. The van der Waals surface area contributed by atoms with Crippen LogP contribution in [0.1, 0.15) is 49.9 Å². The van der Waals surface area contributed by atoms with E-state index in [-0.39, 0.29) is 10.8 Å². The summed E-state index contributed by atoms with van der Waals surface area (Å²) in [5, 5.41) is 3.95. The maximum Gasteiger partial charge on any atom is 0.198 e. The topological polar surface area (TPSA) is 15.3 Å². The zero-order chi connectivity index (χ0) is 38.5. The molecule has 0 atom stereocenters. The normalized spacial score (nSPS) is 14.7. The van der Waals surface area contributed by atoms with Crippen molar-refractivity contribution in [3.05, 3.63) is 198 Å². The molecule has 0 unspecified atom stereocenters. The summed E-state index contributed by atoms with van der Waals surface area (Å²) < 4.78 is 0. The maximum absolute atomic E-state index is 3.95. The Balaban J connectivity index is 1.21. The van der Waals surface area contributed by atoms with Crippen LogP contribution in [0, 0.1) is 0 Å². The van der Waals surface area contributed by atoms with Gasteiger partial charge in [0.15, 0.2) is 7.28 Å². The minimum atomic E-state index is -0.196. The Bertz CT molecular complexity index is 2910. The van der Waals surface area contributed by atoms with E-state index in [1.165, 1.54) is 94.7 Å². The van der Waals surface area contributed by atoms with Crippen molar-refractivity contribution in [2.24, 2.45) is 0 Å². The molecule has 3 heteroatoms. The van der Waals surface area contributed by atoms with Crippen LogP contribution in [0.5, 0.6) is 0 Å². The lowest BCUT2D eigenvalue weighted by Crippen LogP contribution is -2.46. The van der Waals surface area contributed by atoms with Crippen molar-refractivity contribution < 1.29 is 0 Å². The Morgan fingerprint density at radius 3 is 1.82 bits per heavy atom. The Morgan fingerprint density at radius 2 is 1.05 bits per heavy atom. The van der Waals surface area contributed by atoms with Crippen molar-refractivity contribution in [3.8, 4) is 44.5 Å². The molecule has 0 aromatic heterocycles. The molecule has 0 saturated heterocycles. The van der Waals surface area contributed by atoms with E-state index in [4.69, 9.17) is 0 Å². The van der Waals surface area contributed by atoms with Crippen LogP contribution >= 0.6 is 0 Å². The highest BCUT2D eigenvalue weighted by molar-refractivity contribution is 6.73. The van der Waals surface area contributed by atoms with Gasteiger partial charge in [-0.1, -0.05) is 173 Å². The average molecular weight is 731 g/mol. The van der Waals surface area contributed by atoms with E-state index in [2.05, 4.69) is 214 Å². The predicted octanol–water partition coefficient (Wildman–Crippen LogP) is 12.5. The maximum atomic E-state index is 3.95. The van der Waals surface area contributed by atoms with Crippen LogP contribution in [0.4, 0.5) is 28.4 Å². The molecule has 8 aromatic carbocycles. The molecule has 272 valence electrons. The first-order valence-corrected chi connectivity index (χ1v) is 20.2. The molecular weight excluding hydrogens is 687 g/mol. The van der Waals surface area contributed by atoms with Gasteiger partial charge in [-0.15, -0.1) is 0 Å². The molecule has 11 rings (SSSR count). The fourth-order valence-corrected chi connectivity index (χ4v) is 10.2. The predicted molar refractivity (Wildman–Crippen MR) is 243 cm³/mol. The summed E-state index contributed by atoms with van der Waals surface area (Å²) in [6.07, 6.45) is 0. The number of para-hydroxylation sites is 2. The van der Waals surface area contributed by atoms with Crippen LogP contribution in [0.2, 0.25) is 0 Å². The summed E-state index contributed by atoms with van der Waals surface area (Å²) in [5.41, 5.74) is 24.0. The first kappa shape index (κ1) is 33.7. The van der Waals surface area contributed by atoms with E-state index in [0.29, 0.717) is 0 Å². The van der Waals surface area contributed by atoms with Crippen LogP contribution in [0.25, 0.3) is 44.5 Å². The average Bonchev–Trinajstić information content (AvgIpc) is 3.48. The molecule has 0 saturated carbocycles. The van der Waals surface area contributed by atoms with Gasteiger partial charge in [0, 0.05) is 44.7 Å². The van der Waals surface area contributed by atoms with Gasteiger partial charge in [0.1, 0.15) is 0 Å². The minimum absolute atomic E-state index is 0.136. The molecule has 0 amide bonds. The van der Waals surface area contributed by atoms with Gasteiger partial charge in [0.05, 0.1) is 5.69 Å². The van der Waals surface area contributed by atoms with Gasteiger partial charge >= 0.3 is 0 Å². The van der Waals surface area contributed by atoms with Gasteiger partial charge in [-0.2, -0.15) is 0 Å². The first-order chi connectivity index (χ1) is 27.8. The van der Waals surface area contributed by atoms with E-state index in [1.807, 2.05) is 0 Å². The quantitative estimate of drug-likeness (QED) is 0.177. The number of anilines is 5. The van der Waals surface area contributed by atoms with Crippen LogP contribution in [0.3, 0.4) is 0 Å². The van der Waals surface area contributed by atoms with E-state index in [1.54, 1.807) is 0 Å². The molecular formula is C54H43BN2. The summed E-state index contributed by atoms with van der Waals surface area (Å²) in [5.74, 6) is 0. The van der Waals surface area contributed by atoms with Crippen LogP contribution in [-0.2, 0) is 10.8 Å². The fraction of sp³-hybridized carbons (Fsp3) is 0.111. The zero-order valence-corrected chi connectivity index (χ0v) is 32.9. The molecule has 2 nitrogen and oxygen atoms in total. The fourth-order valence-electron chi connectivity index (χ4n) is 10.2. The Kier molecular flexibility index (Phi) is 7.38. The largest absolute Gasteiger partial charge is 0.355 e. The lowest BCUT2D eigenvalue weighted by atomic mass is 9.55. The SMILES string of the molecule is CC1(C)c2ccccc2-c2c1cc(-c1cc(-c3ccccc3)ccc1Nc1cccc(-c3ccccc3)c1)c1c2N2c3ccccc3C(C)(C)c3cccc(c32)B1. The molecule has 1 aliphatic carbocycles. The molecule has 0 spiro atoms. The highest BCUT2D eigenvalue weighted by atomic mass is 15.2. The van der Waals surface area contributed by atoms with Crippen molar-refractivity contribution in [2.75, 3.05) is 10.2 Å². The van der Waals surface area contributed by atoms with Gasteiger partial charge in [-0.25, -0.2) is 0 Å². The second-order valence-electron chi connectivity index (χ2n) is 17.0. The highest BCUT2D eigenvalue weighted by Gasteiger charge is 2.46. The van der Waals surface area contributed by atoms with Crippen LogP contribution in [-0.4, -0.2) is 7.28 Å². The molecule has 2 aliphatic heterocycles. The summed E-state index contributed by atoms with van der Waals surface area (Å²) >= 11 is 0. The lowest BCUT2D eigenvalue weighted by Gasteiger charge is -2.46. The third-order valence-electron chi connectivity index (χ3n) is 13.0. The number of fused-ring (bicyclic) bond motifs is 8. The summed E-state index contributed by atoms with van der Waals surface area (Å²) in [7, 11) is 0.844. The van der Waals surface area contributed by atoms with Gasteiger partial charge < -0.3 is 10.2 Å². The number of benzene rings is 8. The monoisotopic (exact) mass is 730 g/mol. The van der Waals surface area contributed by atoms with Crippen LogP contribution in [0.15, 0.2) is 176 Å². The minimum Gasteiger partial charge on any atom is -0.355 e. The standard InChI is InChI=1S/C54H43BN2/c1-53(2)42-24-12-11-23-39(42)49-45(53)33-41(50-52(49)57-48-28-14-13-25-43(48)54(3,4)44-26-16-27-46(55-50)51(44)57)40-32-37(35-19-9-6-10-20-35)29-30-47(40)56-38-22-15-21-36(31-38)34-17-7-5-8-18-34/h5-33,55-56H,1-4H3. The third-order valence-corrected chi connectivity index (χ3v) is 13.0. The molecule has 8 aromatic rings. The van der Waals surface area contributed by atoms with Crippen molar-refractivity contribution in [1.82, 2.24) is 0 Å². The van der Waals surface area contributed by atoms with E-state index in [9.17, 15) is 0 Å². The second kappa shape index (κ2) is 12.5.